The average molecular weight is 421 g/mol. The molecule has 1 aliphatic rings. The van der Waals surface area contributed by atoms with Gasteiger partial charge in [0.25, 0.3) is 0 Å². The van der Waals surface area contributed by atoms with Crippen molar-refractivity contribution in [2.75, 3.05) is 25.4 Å². The summed E-state index contributed by atoms with van der Waals surface area (Å²) in [6, 6.07) is 9.50. The molecule has 118 valence electrons. The number of hydrogen-bond donors (Lipinski definition) is 1. The van der Waals surface area contributed by atoms with E-state index in [4.69, 9.17) is 5.73 Å². The number of halogens is 1. The number of hydrogen-bond acceptors (Lipinski definition) is 2. The second kappa shape index (κ2) is 9.40. The lowest BCUT2D eigenvalue weighted by atomic mass is 10.0. The minimum Gasteiger partial charge on any atom is -0.370 e. The summed E-state index contributed by atoms with van der Waals surface area (Å²) in [5, 5.41) is 0. The van der Waals surface area contributed by atoms with Crippen LogP contribution in [-0.4, -0.2) is 40.5 Å². The predicted molar refractivity (Wildman–Crippen MR) is 99.6 cm³/mol. The summed E-state index contributed by atoms with van der Waals surface area (Å²) in [5.41, 5.74) is 6.01. The SMILES string of the molecule is CC1CCCN(C(N)=NCCS(=O)c2ccccc2)C1.I. The molecule has 2 atom stereocenters. The molecule has 1 saturated heterocycles. The Labute approximate surface area is 146 Å². The summed E-state index contributed by atoms with van der Waals surface area (Å²) in [7, 11) is -0.993. The molecule has 2 unspecified atom stereocenters. The van der Waals surface area contributed by atoms with Gasteiger partial charge in [-0.15, -0.1) is 24.0 Å². The molecule has 4 nitrogen and oxygen atoms in total. The maximum Gasteiger partial charge on any atom is 0.191 e. The molecule has 1 fully saturated rings. The van der Waals surface area contributed by atoms with Crippen LogP contribution in [0.25, 0.3) is 0 Å². The summed E-state index contributed by atoms with van der Waals surface area (Å²) in [6.45, 7) is 4.72. The lowest BCUT2D eigenvalue weighted by Crippen LogP contribution is -2.43. The van der Waals surface area contributed by atoms with Crippen LogP contribution in [0.1, 0.15) is 19.8 Å². The highest BCUT2D eigenvalue weighted by Gasteiger charge is 2.17. The molecule has 0 aliphatic carbocycles. The Morgan fingerprint density at radius 3 is 2.81 bits per heavy atom. The van der Waals surface area contributed by atoms with Gasteiger partial charge in [-0.05, 0) is 30.9 Å². The monoisotopic (exact) mass is 421 g/mol. The summed E-state index contributed by atoms with van der Waals surface area (Å²) in [5.74, 6) is 1.80. The second-order valence-corrected chi connectivity index (χ2v) is 6.87. The van der Waals surface area contributed by atoms with Crippen LogP contribution in [-0.2, 0) is 10.8 Å². The molecule has 1 heterocycles. The van der Waals surface area contributed by atoms with Crippen LogP contribution >= 0.6 is 24.0 Å². The zero-order valence-corrected chi connectivity index (χ0v) is 15.6. The molecule has 0 spiro atoms. The van der Waals surface area contributed by atoms with E-state index in [1.165, 1.54) is 12.8 Å². The minimum atomic E-state index is -0.993. The van der Waals surface area contributed by atoms with Gasteiger partial charge in [-0.3, -0.25) is 9.20 Å². The normalized spacial score (nSPS) is 20.7. The van der Waals surface area contributed by atoms with Crippen molar-refractivity contribution < 1.29 is 4.21 Å². The highest BCUT2D eigenvalue weighted by atomic mass is 127. The fourth-order valence-corrected chi connectivity index (χ4v) is 3.38. The lowest BCUT2D eigenvalue weighted by Gasteiger charge is -2.31. The van der Waals surface area contributed by atoms with Crippen molar-refractivity contribution in [3.63, 3.8) is 0 Å². The number of benzene rings is 1. The highest BCUT2D eigenvalue weighted by molar-refractivity contribution is 14.0. The first-order valence-corrected chi connectivity index (χ1v) is 8.47. The van der Waals surface area contributed by atoms with Crippen molar-refractivity contribution in [3.8, 4) is 0 Å². The number of likely N-dealkylation sites (tertiary alicyclic amines) is 1. The maximum absolute atomic E-state index is 12.0. The van der Waals surface area contributed by atoms with Gasteiger partial charge in [-0.2, -0.15) is 0 Å². The van der Waals surface area contributed by atoms with Crippen molar-refractivity contribution in [2.45, 2.75) is 24.7 Å². The third-order valence-electron chi connectivity index (χ3n) is 3.54. The van der Waals surface area contributed by atoms with Gasteiger partial charge in [-0.1, -0.05) is 25.1 Å². The van der Waals surface area contributed by atoms with Gasteiger partial charge in [0.15, 0.2) is 5.96 Å². The minimum absolute atomic E-state index is 0. The summed E-state index contributed by atoms with van der Waals surface area (Å²) in [4.78, 5) is 7.37. The van der Waals surface area contributed by atoms with Gasteiger partial charge < -0.3 is 10.6 Å². The number of aliphatic imine (C=N–C) groups is 1. The highest BCUT2D eigenvalue weighted by Crippen LogP contribution is 2.14. The van der Waals surface area contributed by atoms with Crippen LogP contribution in [0.4, 0.5) is 0 Å². The van der Waals surface area contributed by atoms with E-state index in [0.29, 0.717) is 24.2 Å². The number of nitrogens with two attached hydrogens (primary N) is 1. The smallest absolute Gasteiger partial charge is 0.191 e. The molecule has 0 radical (unpaired) electrons. The van der Waals surface area contributed by atoms with E-state index in [0.717, 1.165) is 18.0 Å². The summed E-state index contributed by atoms with van der Waals surface area (Å²) < 4.78 is 12.0. The first-order valence-electron chi connectivity index (χ1n) is 7.15. The lowest BCUT2D eigenvalue weighted by molar-refractivity contribution is 0.270. The van der Waals surface area contributed by atoms with Crippen molar-refractivity contribution in [1.82, 2.24) is 4.90 Å². The second-order valence-electron chi connectivity index (χ2n) is 5.30. The van der Waals surface area contributed by atoms with Gasteiger partial charge in [0.05, 0.1) is 17.3 Å². The third-order valence-corrected chi connectivity index (χ3v) is 4.89. The summed E-state index contributed by atoms with van der Waals surface area (Å²) in [6.07, 6.45) is 2.44. The fraction of sp³-hybridized carbons (Fsp3) is 0.533. The zero-order valence-electron chi connectivity index (χ0n) is 12.4. The molecular weight excluding hydrogens is 397 g/mol. The molecule has 2 rings (SSSR count). The van der Waals surface area contributed by atoms with Gasteiger partial charge in [0, 0.05) is 23.7 Å². The Morgan fingerprint density at radius 1 is 1.43 bits per heavy atom. The Hall–Kier alpha value is -0.630. The van der Waals surface area contributed by atoms with Crippen LogP contribution in [0.15, 0.2) is 40.2 Å². The first-order chi connectivity index (χ1) is 9.66. The third kappa shape index (κ3) is 5.94. The molecule has 1 aliphatic heterocycles. The van der Waals surface area contributed by atoms with Crippen LogP contribution in [0, 0.1) is 5.92 Å². The molecule has 6 heteroatoms. The Bertz CT molecular complexity index is 481. The molecule has 0 saturated carbocycles. The van der Waals surface area contributed by atoms with Crippen LogP contribution in [0.2, 0.25) is 0 Å². The first kappa shape index (κ1) is 18.4. The Balaban J connectivity index is 0.00000220. The van der Waals surface area contributed by atoms with E-state index < -0.39 is 10.8 Å². The van der Waals surface area contributed by atoms with Crippen molar-refractivity contribution in [3.05, 3.63) is 30.3 Å². The Morgan fingerprint density at radius 2 is 2.14 bits per heavy atom. The molecular formula is C15H24IN3OS. The van der Waals surface area contributed by atoms with Crippen molar-refractivity contribution >= 4 is 40.7 Å². The van der Waals surface area contributed by atoms with Gasteiger partial charge >= 0.3 is 0 Å². The maximum atomic E-state index is 12.0. The molecule has 1 aromatic rings. The van der Waals surface area contributed by atoms with Gasteiger partial charge in [0.2, 0.25) is 0 Å². The van der Waals surface area contributed by atoms with E-state index in [-0.39, 0.29) is 24.0 Å². The average Bonchev–Trinajstić information content (AvgIpc) is 2.48. The summed E-state index contributed by atoms with van der Waals surface area (Å²) >= 11 is 0. The standard InChI is InChI=1S/C15H23N3OS.HI/c1-13-6-5-10-18(12-13)15(16)17-9-11-20(19)14-7-3-2-4-8-14;/h2-4,7-8,13H,5-6,9-12H2,1H3,(H2,16,17);1H. The molecule has 0 aromatic heterocycles. The molecule has 0 amide bonds. The van der Waals surface area contributed by atoms with Crippen LogP contribution < -0.4 is 5.73 Å². The zero-order chi connectivity index (χ0) is 14.4. The predicted octanol–water partition coefficient (Wildman–Crippen LogP) is 2.46. The number of rotatable bonds is 4. The number of nitrogens with zero attached hydrogens (tertiary/aromatic N) is 2. The Kier molecular flexibility index (Phi) is 8.24. The number of guanidine groups is 1. The number of piperidine rings is 1. The molecule has 0 bridgehead atoms. The van der Waals surface area contributed by atoms with Crippen molar-refractivity contribution in [1.29, 1.82) is 0 Å². The van der Waals surface area contributed by atoms with Gasteiger partial charge in [0.1, 0.15) is 0 Å². The molecule has 21 heavy (non-hydrogen) atoms. The van der Waals surface area contributed by atoms with Crippen LogP contribution in [0.5, 0.6) is 0 Å². The molecule has 1 aromatic carbocycles. The quantitative estimate of drug-likeness (QED) is 0.462. The fourth-order valence-electron chi connectivity index (χ4n) is 2.43. The van der Waals surface area contributed by atoms with Crippen LogP contribution in [0.3, 0.4) is 0 Å². The van der Waals surface area contributed by atoms with E-state index in [1.54, 1.807) is 0 Å². The van der Waals surface area contributed by atoms with E-state index in [9.17, 15) is 4.21 Å². The van der Waals surface area contributed by atoms with E-state index >= 15 is 0 Å². The van der Waals surface area contributed by atoms with Gasteiger partial charge in [-0.25, -0.2) is 0 Å². The largest absolute Gasteiger partial charge is 0.370 e. The van der Waals surface area contributed by atoms with Crippen molar-refractivity contribution in [2.24, 2.45) is 16.6 Å². The topological polar surface area (TPSA) is 58.7 Å². The van der Waals surface area contributed by atoms with E-state index in [1.807, 2.05) is 30.3 Å². The molecule has 2 N–H and O–H groups in total. The van der Waals surface area contributed by atoms with E-state index in [2.05, 4.69) is 16.8 Å².